The van der Waals surface area contributed by atoms with E-state index in [2.05, 4.69) is 34.4 Å². The molecule has 1 aromatic heterocycles. The summed E-state index contributed by atoms with van der Waals surface area (Å²) in [6.07, 6.45) is 4.03. The third-order valence-electron chi connectivity index (χ3n) is 3.77. The summed E-state index contributed by atoms with van der Waals surface area (Å²) in [6.45, 7) is 8.88. The molecular weight excluding hydrogens is 264 g/mol. The highest BCUT2D eigenvalue weighted by Crippen LogP contribution is 2.22. The van der Waals surface area contributed by atoms with Crippen LogP contribution in [0.15, 0.2) is 18.3 Å². The van der Waals surface area contributed by atoms with Crippen LogP contribution in [0.2, 0.25) is 0 Å². The van der Waals surface area contributed by atoms with Gasteiger partial charge in [-0.3, -0.25) is 4.79 Å². The van der Waals surface area contributed by atoms with Gasteiger partial charge in [0.1, 0.15) is 5.82 Å². The Kier molecular flexibility index (Phi) is 5.99. The van der Waals surface area contributed by atoms with Crippen molar-refractivity contribution in [3.8, 4) is 0 Å². The van der Waals surface area contributed by atoms with E-state index in [0.29, 0.717) is 18.0 Å². The van der Waals surface area contributed by atoms with Gasteiger partial charge in [0.15, 0.2) is 0 Å². The number of carbonyl (C=O) groups is 1. The molecule has 0 radical (unpaired) electrons. The molecule has 5 heteroatoms. The highest BCUT2D eigenvalue weighted by atomic mass is 16.1. The number of aromatic nitrogens is 1. The lowest BCUT2D eigenvalue weighted by Gasteiger charge is -2.17. The Morgan fingerprint density at radius 3 is 3.00 bits per heavy atom. The van der Waals surface area contributed by atoms with E-state index < -0.39 is 0 Å². The van der Waals surface area contributed by atoms with Gasteiger partial charge in [-0.1, -0.05) is 13.8 Å². The maximum Gasteiger partial charge on any atom is 0.251 e. The highest BCUT2D eigenvalue weighted by molar-refractivity contribution is 5.94. The molecule has 2 heterocycles. The van der Waals surface area contributed by atoms with Gasteiger partial charge in [-0.25, -0.2) is 4.98 Å². The smallest absolute Gasteiger partial charge is 0.251 e. The topological polar surface area (TPSA) is 57.3 Å². The first-order valence-electron chi connectivity index (χ1n) is 7.90. The van der Waals surface area contributed by atoms with Crippen molar-refractivity contribution >= 4 is 11.7 Å². The van der Waals surface area contributed by atoms with Crippen LogP contribution in [0.25, 0.3) is 0 Å². The second-order valence-corrected chi connectivity index (χ2v) is 5.75. The molecule has 1 aromatic rings. The van der Waals surface area contributed by atoms with Crippen molar-refractivity contribution in [1.29, 1.82) is 0 Å². The van der Waals surface area contributed by atoms with Gasteiger partial charge >= 0.3 is 0 Å². The van der Waals surface area contributed by atoms with E-state index in [9.17, 15) is 4.79 Å². The van der Waals surface area contributed by atoms with Crippen molar-refractivity contribution in [3.63, 3.8) is 0 Å². The molecule has 1 atom stereocenters. The van der Waals surface area contributed by atoms with Crippen LogP contribution in [-0.2, 0) is 0 Å². The Labute approximate surface area is 127 Å². The summed E-state index contributed by atoms with van der Waals surface area (Å²) in [5.41, 5.74) is 0.690. The quantitative estimate of drug-likeness (QED) is 0.750. The fourth-order valence-corrected chi connectivity index (χ4v) is 2.54. The number of anilines is 1. The van der Waals surface area contributed by atoms with E-state index in [1.807, 2.05) is 6.07 Å². The lowest BCUT2D eigenvalue weighted by molar-refractivity contribution is 0.0954. The maximum absolute atomic E-state index is 12.1. The number of nitrogens with zero attached hydrogens (tertiary/aromatic N) is 2. The van der Waals surface area contributed by atoms with E-state index in [-0.39, 0.29) is 5.91 Å². The minimum Gasteiger partial charge on any atom is -0.356 e. The van der Waals surface area contributed by atoms with Crippen molar-refractivity contribution in [2.75, 3.05) is 37.6 Å². The molecule has 2 rings (SSSR count). The van der Waals surface area contributed by atoms with Gasteiger partial charge in [-0.05, 0) is 37.4 Å². The van der Waals surface area contributed by atoms with Gasteiger partial charge in [0, 0.05) is 37.9 Å². The second kappa shape index (κ2) is 7.98. The SMILES string of the molecule is CCCNCCNC(=O)c1ccnc(N2CCC(C)C2)c1. The fraction of sp³-hybridized carbons (Fsp3) is 0.625. The molecule has 1 amide bonds. The number of amides is 1. The first-order valence-corrected chi connectivity index (χ1v) is 7.90. The summed E-state index contributed by atoms with van der Waals surface area (Å²) in [5, 5.41) is 6.20. The van der Waals surface area contributed by atoms with Gasteiger partial charge in [0.25, 0.3) is 5.91 Å². The molecule has 0 spiro atoms. The van der Waals surface area contributed by atoms with E-state index in [1.54, 1.807) is 12.3 Å². The third kappa shape index (κ3) is 4.70. The number of pyridine rings is 1. The molecule has 1 aliphatic rings. The Morgan fingerprint density at radius 2 is 2.29 bits per heavy atom. The van der Waals surface area contributed by atoms with Crippen LogP contribution in [0, 0.1) is 5.92 Å². The molecule has 2 N–H and O–H groups in total. The molecule has 1 aliphatic heterocycles. The molecule has 21 heavy (non-hydrogen) atoms. The summed E-state index contributed by atoms with van der Waals surface area (Å²) in [4.78, 5) is 18.8. The van der Waals surface area contributed by atoms with Crippen LogP contribution in [0.3, 0.4) is 0 Å². The van der Waals surface area contributed by atoms with E-state index in [1.165, 1.54) is 6.42 Å². The lowest BCUT2D eigenvalue weighted by Crippen LogP contribution is -2.32. The monoisotopic (exact) mass is 290 g/mol. The van der Waals surface area contributed by atoms with E-state index in [4.69, 9.17) is 0 Å². The van der Waals surface area contributed by atoms with Gasteiger partial charge in [-0.15, -0.1) is 0 Å². The molecule has 116 valence electrons. The molecule has 0 aromatic carbocycles. The summed E-state index contributed by atoms with van der Waals surface area (Å²) in [7, 11) is 0. The predicted octanol–water partition coefficient (Wildman–Crippen LogP) is 1.66. The van der Waals surface area contributed by atoms with Crippen LogP contribution >= 0.6 is 0 Å². The van der Waals surface area contributed by atoms with Crippen LogP contribution in [0.1, 0.15) is 37.0 Å². The highest BCUT2D eigenvalue weighted by Gasteiger charge is 2.20. The standard InChI is InChI=1S/C16H26N4O/c1-3-6-17-8-9-19-16(21)14-4-7-18-15(11-14)20-10-5-13(2)12-20/h4,7,11,13,17H,3,5-6,8-10,12H2,1-2H3,(H,19,21). The Morgan fingerprint density at radius 1 is 1.43 bits per heavy atom. The maximum atomic E-state index is 12.1. The van der Waals surface area contributed by atoms with Crippen molar-refractivity contribution in [2.24, 2.45) is 5.92 Å². The zero-order chi connectivity index (χ0) is 15.1. The lowest BCUT2D eigenvalue weighted by atomic mass is 10.2. The summed E-state index contributed by atoms with van der Waals surface area (Å²) >= 11 is 0. The molecule has 1 fully saturated rings. The molecule has 0 saturated carbocycles. The number of hydrogen-bond donors (Lipinski definition) is 2. The Hall–Kier alpha value is -1.62. The number of carbonyl (C=O) groups excluding carboxylic acids is 1. The molecule has 0 aliphatic carbocycles. The molecular formula is C16H26N4O. The third-order valence-corrected chi connectivity index (χ3v) is 3.77. The number of nitrogens with one attached hydrogen (secondary N) is 2. The van der Waals surface area contributed by atoms with Crippen LogP contribution in [-0.4, -0.2) is 43.6 Å². The molecule has 1 saturated heterocycles. The van der Waals surface area contributed by atoms with E-state index >= 15 is 0 Å². The average molecular weight is 290 g/mol. The van der Waals surface area contributed by atoms with E-state index in [0.717, 1.165) is 38.4 Å². The van der Waals surface area contributed by atoms with Crippen molar-refractivity contribution < 1.29 is 4.79 Å². The molecule has 1 unspecified atom stereocenters. The predicted molar refractivity (Wildman–Crippen MR) is 85.7 cm³/mol. The minimum atomic E-state index is -0.0239. The Bertz CT molecular complexity index is 463. The van der Waals surface area contributed by atoms with Crippen molar-refractivity contribution in [2.45, 2.75) is 26.7 Å². The summed E-state index contributed by atoms with van der Waals surface area (Å²) < 4.78 is 0. The summed E-state index contributed by atoms with van der Waals surface area (Å²) in [5.74, 6) is 1.59. The first kappa shape index (κ1) is 15.8. The first-order chi connectivity index (χ1) is 10.2. The molecule has 0 bridgehead atoms. The van der Waals surface area contributed by atoms with Gasteiger partial charge < -0.3 is 15.5 Å². The summed E-state index contributed by atoms with van der Waals surface area (Å²) in [6, 6.07) is 3.67. The second-order valence-electron chi connectivity index (χ2n) is 5.75. The van der Waals surface area contributed by atoms with Crippen molar-refractivity contribution in [1.82, 2.24) is 15.6 Å². The van der Waals surface area contributed by atoms with Crippen LogP contribution in [0.5, 0.6) is 0 Å². The largest absolute Gasteiger partial charge is 0.356 e. The van der Waals surface area contributed by atoms with Crippen LogP contribution in [0.4, 0.5) is 5.82 Å². The van der Waals surface area contributed by atoms with Crippen molar-refractivity contribution in [3.05, 3.63) is 23.9 Å². The van der Waals surface area contributed by atoms with Gasteiger partial charge in [0.2, 0.25) is 0 Å². The van der Waals surface area contributed by atoms with Crippen LogP contribution < -0.4 is 15.5 Å². The average Bonchev–Trinajstić information content (AvgIpc) is 2.93. The zero-order valence-electron chi connectivity index (χ0n) is 13.1. The zero-order valence-corrected chi connectivity index (χ0v) is 13.1. The Balaban J connectivity index is 1.86. The van der Waals surface area contributed by atoms with Gasteiger partial charge in [-0.2, -0.15) is 0 Å². The van der Waals surface area contributed by atoms with Gasteiger partial charge in [0.05, 0.1) is 0 Å². The minimum absolute atomic E-state index is 0.0239. The molecule has 5 nitrogen and oxygen atoms in total. The normalized spacial score (nSPS) is 18.0. The fourth-order valence-electron chi connectivity index (χ4n) is 2.54. The number of hydrogen-bond acceptors (Lipinski definition) is 4. The number of rotatable bonds is 7.